The second-order valence-corrected chi connectivity index (χ2v) is 5.31. The Kier molecular flexibility index (Phi) is 5.68. The summed E-state index contributed by atoms with van der Waals surface area (Å²) in [5.74, 6) is 1.49. The summed E-state index contributed by atoms with van der Waals surface area (Å²) in [5, 5.41) is 10.3. The van der Waals surface area contributed by atoms with Crippen LogP contribution in [0.5, 0.6) is 11.5 Å². The number of nitrogens with two attached hydrogens (primary N) is 1. The molecule has 0 amide bonds. The van der Waals surface area contributed by atoms with Gasteiger partial charge in [-0.3, -0.25) is 0 Å². The minimum Gasteiger partial charge on any atom is -0.486 e. The zero-order valence-electron chi connectivity index (χ0n) is 12.2. The number of unbranched alkanes of at least 4 members (excludes halogenated alkanes) is 2. The van der Waals surface area contributed by atoms with Gasteiger partial charge in [-0.1, -0.05) is 32.3 Å². The number of rotatable bonds is 7. The van der Waals surface area contributed by atoms with Gasteiger partial charge in [0.25, 0.3) is 0 Å². The fraction of sp³-hybridized carbons (Fsp3) is 0.625. The molecule has 2 unspecified atom stereocenters. The largest absolute Gasteiger partial charge is 0.486 e. The molecule has 0 saturated carbocycles. The predicted molar refractivity (Wildman–Crippen MR) is 79.4 cm³/mol. The molecule has 1 heterocycles. The van der Waals surface area contributed by atoms with Gasteiger partial charge in [-0.25, -0.2) is 0 Å². The summed E-state index contributed by atoms with van der Waals surface area (Å²) in [5.41, 5.74) is 6.88. The van der Waals surface area contributed by atoms with Gasteiger partial charge in [-0.05, 0) is 24.1 Å². The molecule has 4 heteroatoms. The standard InChI is InChI=1S/C16H25NO3/c1-2-3-4-5-14(18)13(11-17)12-6-7-15-16(10-12)20-9-8-19-15/h6-7,10,13-14,18H,2-5,8-9,11,17H2,1H3. The van der Waals surface area contributed by atoms with Crippen LogP contribution in [0.25, 0.3) is 0 Å². The summed E-state index contributed by atoms with van der Waals surface area (Å²) in [4.78, 5) is 0. The number of hydrogen-bond acceptors (Lipinski definition) is 4. The lowest BCUT2D eigenvalue weighted by Crippen LogP contribution is -2.26. The minimum absolute atomic E-state index is 0.0392. The van der Waals surface area contributed by atoms with E-state index in [4.69, 9.17) is 15.2 Å². The van der Waals surface area contributed by atoms with Gasteiger partial charge in [0, 0.05) is 12.5 Å². The number of hydrogen-bond donors (Lipinski definition) is 2. The molecule has 0 saturated heterocycles. The van der Waals surface area contributed by atoms with E-state index in [2.05, 4.69) is 6.92 Å². The summed E-state index contributed by atoms with van der Waals surface area (Å²) in [6.07, 6.45) is 3.75. The highest BCUT2D eigenvalue weighted by Crippen LogP contribution is 2.34. The molecule has 0 fully saturated rings. The van der Waals surface area contributed by atoms with E-state index in [1.807, 2.05) is 18.2 Å². The molecule has 0 spiro atoms. The lowest BCUT2D eigenvalue weighted by Gasteiger charge is -2.24. The number of aliphatic hydroxyl groups excluding tert-OH is 1. The SMILES string of the molecule is CCCCCC(O)C(CN)c1ccc2c(c1)OCCO2. The highest BCUT2D eigenvalue weighted by Gasteiger charge is 2.22. The van der Waals surface area contributed by atoms with Crippen LogP contribution in [0.15, 0.2) is 18.2 Å². The van der Waals surface area contributed by atoms with Crippen molar-refractivity contribution in [2.75, 3.05) is 19.8 Å². The maximum atomic E-state index is 10.3. The Hall–Kier alpha value is -1.26. The molecule has 0 aromatic heterocycles. The van der Waals surface area contributed by atoms with Gasteiger partial charge in [0.15, 0.2) is 11.5 Å². The predicted octanol–water partition coefficient (Wildman–Crippen LogP) is 2.44. The number of aliphatic hydroxyl groups is 1. The third-order valence-electron chi connectivity index (χ3n) is 3.82. The van der Waals surface area contributed by atoms with Crippen LogP contribution in [0.4, 0.5) is 0 Å². The first-order valence-electron chi connectivity index (χ1n) is 7.54. The number of benzene rings is 1. The van der Waals surface area contributed by atoms with E-state index in [-0.39, 0.29) is 5.92 Å². The molecule has 0 radical (unpaired) electrons. The molecular weight excluding hydrogens is 254 g/mol. The van der Waals surface area contributed by atoms with Crippen molar-refractivity contribution in [3.63, 3.8) is 0 Å². The van der Waals surface area contributed by atoms with Gasteiger partial charge in [-0.15, -0.1) is 0 Å². The summed E-state index contributed by atoms with van der Waals surface area (Å²) in [6, 6.07) is 5.84. The molecule has 3 N–H and O–H groups in total. The van der Waals surface area contributed by atoms with Crippen molar-refractivity contribution in [1.29, 1.82) is 0 Å². The Morgan fingerprint density at radius 3 is 2.65 bits per heavy atom. The van der Waals surface area contributed by atoms with Gasteiger partial charge >= 0.3 is 0 Å². The maximum Gasteiger partial charge on any atom is 0.161 e. The first-order valence-corrected chi connectivity index (χ1v) is 7.54. The van der Waals surface area contributed by atoms with Crippen LogP contribution in [0.1, 0.15) is 44.1 Å². The highest BCUT2D eigenvalue weighted by molar-refractivity contribution is 5.45. The normalized spacial score (nSPS) is 16.8. The second-order valence-electron chi connectivity index (χ2n) is 5.31. The summed E-state index contributed by atoms with van der Waals surface area (Å²) < 4.78 is 11.1. The monoisotopic (exact) mass is 279 g/mol. The van der Waals surface area contributed by atoms with Crippen LogP contribution < -0.4 is 15.2 Å². The van der Waals surface area contributed by atoms with Gasteiger partial charge in [0.1, 0.15) is 13.2 Å². The van der Waals surface area contributed by atoms with Crippen molar-refractivity contribution in [3.05, 3.63) is 23.8 Å². The Bertz CT molecular complexity index is 422. The zero-order valence-corrected chi connectivity index (χ0v) is 12.2. The Morgan fingerprint density at radius 1 is 1.20 bits per heavy atom. The maximum absolute atomic E-state index is 10.3. The van der Waals surface area contributed by atoms with E-state index in [0.29, 0.717) is 19.8 Å². The van der Waals surface area contributed by atoms with Gasteiger partial charge in [0.2, 0.25) is 0 Å². The molecule has 2 rings (SSSR count). The van der Waals surface area contributed by atoms with Crippen molar-refractivity contribution in [2.24, 2.45) is 5.73 Å². The van der Waals surface area contributed by atoms with Crippen LogP contribution in [0.3, 0.4) is 0 Å². The molecule has 112 valence electrons. The van der Waals surface area contributed by atoms with Crippen molar-refractivity contribution < 1.29 is 14.6 Å². The van der Waals surface area contributed by atoms with E-state index in [1.165, 1.54) is 0 Å². The lowest BCUT2D eigenvalue weighted by atomic mass is 9.90. The fourth-order valence-electron chi connectivity index (χ4n) is 2.61. The average Bonchev–Trinajstić information content (AvgIpc) is 2.48. The van der Waals surface area contributed by atoms with Gasteiger partial charge in [0.05, 0.1) is 6.10 Å². The Labute approximate surface area is 120 Å². The molecular formula is C16H25NO3. The molecule has 0 aliphatic carbocycles. The van der Waals surface area contributed by atoms with Crippen LogP contribution in [-0.4, -0.2) is 31.0 Å². The number of ether oxygens (including phenoxy) is 2. The third kappa shape index (κ3) is 3.64. The van der Waals surface area contributed by atoms with E-state index < -0.39 is 6.10 Å². The van der Waals surface area contributed by atoms with Crippen LogP contribution >= 0.6 is 0 Å². The molecule has 20 heavy (non-hydrogen) atoms. The summed E-state index contributed by atoms with van der Waals surface area (Å²) in [6.45, 7) is 3.76. The van der Waals surface area contributed by atoms with E-state index in [1.54, 1.807) is 0 Å². The molecule has 1 aromatic carbocycles. The quantitative estimate of drug-likeness (QED) is 0.752. The number of fused-ring (bicyclic) bond motifs is 1. The minimum atomic E-state index is -0.394. The zero-order chi connectivity index (χ0) is 14.4. The Morgan fingerprint density at radius 2 is 1.95 bits per heavy atom. The summed E-state index contributed by atoms with van der Waals surface area (Å²) >= 11 is 0. The van der Waals surface area contributed by atoms with Crippen molar-refractivity contribution in [2.45, 2.75) is 44.6 Å². The third-order valence-corrected chi connectivity index (χ3v) is 3.82. The average molecular weight is 279 g/mol. The lowest BCUT2D eigenvalue weighted by molar-refractivity contribution is 0.131. The molecule has 1 aliphatic heterocycles. The van der Waals surface area contributed by atoms with E-state index >= 15 is 0 Å². The summed E-state index contributed by atoms with van der Waals surface area (Å²) in [7, 11) is 0. The topological polar surface area (TPSA) is 64.7 Å². The van der Waals surface area contributed by atoms with Crippen LogP contribution in [0.2, 0.25) is 0 Å². The molecule has 0 bridgehead atoms. The highest BCUT2D eigenvalue weighted by atomic mass is 16.6. The van der Waals surface area contributed by atoms with Crippen LogP contribution in [0, 0.1) is 0 Å². The Balaban J connectivity index is 2.06. The van der Waals surface area contributed by atoms with Crippen molar-refractivity contribution in [1.82, 2.24) is 0 Å². The smallest absolute Gasteiger partial charge is 0.161 e. The first-order chi connectivity index (χ1) is 9.76. The van der Waals surface area contributed by atoms with Crippen molar-refractivity contribution >= 4 is 0 Å². The van der Waals surface area contributed by atoms with E-state index in [9.17, 15) is 5.11 Å². The van der Waals surface area contributed by atoms with Gasteiger partial charge in [-0.2, -0.15) is 0 Å². The van der Waals surface area contributed by atoms with E-state index in [0.717, 1.165) is 42.7 Å². The molecule has 1 aliphatic rings. The van der Waals surface area contributed by atoms with Crippen molar-refractivity contribution in [3.8, 4) is 11.5 Å². The second kappa shape index (κ2) is 7.50. The molecule has 2 atom stereocenters. The fourth-order valence-corrected chi connectivity index (χ4v) is 2.61. The first kappa shape index (κ1) is 15.1. The molecule has 4 nitrogen and oxygen atoms in total. The van der Waals surface area contributed by atoms with Crippen LogP contribution in [-0.2, 0) is 0 Å². The van der Waals surface area contributed by atoms with Gasteiger partial charge < -0.3 is 20.3 Å². The molecule has 1 aromatic rings.